The minimum Gasteiger partial charge on any atom is -0.370 e. The molecule has 2 rings (SSSR count). The Morgan fingerprint density at radius 2 is 1.50 bits per heavy atom. The second-order valence-corrected chi connectivity index (χ2v) is 7.10. The Kier molecular flexibility index (Phi) is 9.99. The van der Waals surface area contributed by atoms with Crippen molar-refractivity contribution in [2.75, 3.05) is 10.6 Å². The van der Waals surface area contributed by atoms with Gasteiger partial charge < -0.3 is 16.4 Å². The second-order valence-electron chi connectivity index (χ2n) is 7.10. The van der Waals surface area contributed by atoms with Crippen molar-refractivity contribution in [2.24, 2.45) is 16.6 Å². The number of halogens is 1. The SMILES string of the molecule is CCC(C)c1ccc(NC(N)=NCc2ccc(NC(=O)C(C)C)cc2)cc1.I. The third-order valence-electron chi connectivity index (χ3n) is 4.54. The summed E-state index contributed by atoms with van der Waals surface area (Å²) >= 11 is 0. The molecule has 0 aliphatic heterocycles. The monoisotopic (exact) mass is 494 g/mol. The molecule has 0 fully saturated rings. The molecule has 0 radical (unpaired) electrons. The smallest absolute Gasteiger partial charge is 0.226 e. The molecule has 1 atom stereocenters. The molecule has 2 aromatic carbocycles. The number of hydrogen-bond acceptors (Lipinski definition) is 2. The van der Waals surface area contributed by atoms with Crippen LogP contribution in [0.5, 0.6) is 0 Å². The zero-order valence-corrected chi connectivity index (χ0v) is 19.4. The number of rotatable bonds is 7. The number of guanidine groups is 1. The van der Waals surface area contributed by atoms with Crippen molar-refractivity contribution in [3.63, 3.8) is 0 Å². The molecule has 2 aromatic rings. The maximum Gasteiger partial charge on any atom is 0.226 e. The first-order valence-corrected chi connectivity index (χ1v) is 9.45. The van der Waals surface area contributed by atoms with E-state index >= 15 is 0 Å². The highest BCUT2D eigenvalue weighted by Gasteiger charge is 2.06. The van der Waals surface area contributed by atoms with E-state index in [4.69, 9.17) is 5.73 Å². The van der Waals surface area contributed by atoms with Gasteiger partial charge >= 0.3 is 0 Å². The highest BCUT2D eigenvalue weighted by atomic mass is 127. The molecule has 6 heteroatoms. The van der Waals surface area contributed by atoms with Gasteiger partial charge in [0.15, 0.2) is 5.96 Å². The number of amides is 1. The number of carbonyl (C=O) groups is 1. The van der Waals surface area contributed by atoms with Gasteiger partial charge in [-0.1, -0.05) is 52.0 Å². The first-order valence-electron chi connectivity index (χ1n) is 9.45. The van der Waals surface area contributed by atoms with Gasteiger partial charge in [0.1, 0.15) is 0 Å². The van der Waals surface area contributed by atoms with Gasteiger partial charge in [-0.3, -0.25) is 4.79 Å². The van der Waals surface area contributed by atoms with Gasteiger partial charge in [-0.15, -0.1) is 24.0 Å². The molecule has 0 spiro atoms. The molecule has 0 aliphatic carbocycles. The number of nitrogens with zero attached hydrogens (tertiary/aromatic N) is 1. The van der Waals surface area contributed by atoms with Crippen LogP contribution in [0.4, 0.5) is 11.4 Å². The summed E-state index contributed by atoms with van der Waals surface area (Å²) in [7, 11) is 0. The molecule has 0 aromatic heterocycles. The lowest BCUT2D eigenvalue weighted by Crippen LogP contribution is -2.22. The van der Waals surface area contributed by atoms with Crippen molar-refractivity contribution in [3.8, 4) is 0 Å². The van der Waals surface area contributed by atoms with Crippen LogP contribution in [-0.4, -0.2) is 11.9 Å². The van der Waals surface area contributed by atoms with Gasteiger partial charge in [-0.25, -0.2) is 4.99 Å². The molecule has 0 saturated carbocycles. The van der Waals surface area contributed by atoms with Crippen LogP contribution in [0.1, 0.15) is 51.2 Å². The molecule has 28 heavy (non-hydrogen) atoms. The number of nitrogens with one attached hydrogen (secondary N) is 2. The molecular weight excluding hydrogens is 463 g/mol. The third-order valence-corrected chi connectivity index (χ3v) is 4.54. The number of anilines is 2. The molecule has 4 N–H and O–H groups in total. The van der Waals surface area contributed by atoms with Crippen LogP contribution in [-0.2, 0) is 11.3 Å². The summed E-state index contributed by atoms with van der Waals surface area (Å²) in [5, 5.41) is 5.99. The van der Waals surface area contributed by atoms with E-state index in [0.717, 1.165) is 23.4 Å². The molecule has 0 heterocycles. The van der Waals surface area contributed by atoms with Crippen molar-refractivity contribution in [1.29, 1.82) is 0 Å². The Morgan fingerprint density at radius 1 is 0.964 bits per heavy atom. The van der Waals surface area contributed by atoms with E-state index in [9.17, 15) is 4.79 Å². The molecule has 5 nitrogen and oxygen atoms in total. The molecule has 152 valence electrons. The number of hydrogen-bond donors (Lipinski definition) is 3. The van der Waals surface area contributed by atoms with Crippen LogP contribution in [0.2, 0.25) is 0 Å². The quantitative estimate of drug-likeness (QED) is 0.276. The van der Waals surface area contributed by atoms with E-state index in [0.29, 0.717) is 18.4 Å². The summed E-state index contributed by atoms with van der Waals surface area (Å²) in [5.41, 5.74) is 10.0. The summed E-state index contributed by atoms with van der Waals surface area (Å²) in [6.07, 6.45) is 1.12. The van der Waals surface area contributed by atoms with Gasteiger partial charge in [-0.05, 0) is 47.7 Å². The molecule has 0 saturated heterocycles. The Labute approximate surface area is 185 Å². The standard InChI is InChI=1S/C22H30N4O.HI/c1-5-16(4)18-8-12-20(13-9-18)26-22(23)24-14-17-6-10-19(11-7-17)25-21(27)15(2)3;/h6-13,15-16H,5,14H2,1-4H3,(H,25,27)(H3,23,24,26);1H. The summed E-state index contributed by atoms with van der Waals surface area (Å²) in [6.45, 7) is 8.62. The first-order chi connectivity index (χ1) is 12.9. The topological polar surface area (TPSA) is 79.5 Å². The van der Waals surface area contributed by atoms with Crippen LogP contribution in [0.15, 0.2) is 53.5 Å². The fourth-order valence-electron chi connectivity index (χ4n) is 2.47. The minimum absolute atomic E-state index is 0. The second kappa shape index (κ2) is 11.7. The van der Waals surface area contributed by atoms with E-state index < -0.39 is 0 Å². The van der Waals surface area contributed by atoms with Gasteiger partial charge in [0.05, 0.1) is 6.54 Å². The lowest BCUT2D eigenvalue weighted by molar-refractivity contribution is -0.118. The highest BCUT2D eigenvalue weighted by Crippen LogP contribution is 2.20. The predicted octanol–water partition coefficient (Wildman–Crippen LogP) is 5.34. The normalized spacial score (nSPS) is 12.2. The largest absolute Gasteiger partial charge is 0.370 e. The van der Waals surface area contributed by atoms with E-state index in [1.54, 1.807) is 0 Å². The molecule has 0 bridgehead atoms. The van der Waals surface area contributed by atoms with Crippen molar-refractivity contribution in [2.45, 2.75) is 46.6 Å². The Bertz CT molecular complexity index is 770. The number of aliphatic imine (C=N–C) groups is 1. The maximum absolute atomic E-state index is 11.7. The highest BCUT2D eigenvalue weighted by molar-refractivity contribution is 14.0. The predicted molar refractivity (Wildman–Crippen MR) is 129 cm³/mol. The molecule has 0 aliphatic rings. The summed E-state index contributed by atoms with van der Waals surface area (Å²) in [6, 6.07) is 15.9. The van der Waals surface area contributed by atoms with Crippen molar-refractivity contribution in [1.82, 2.24) is 0 Å². The van der Waals surface area contributed by atoms with Gasteiger partial charge in [0.2, 0.25) is 5.91 Å². The Morgan fingerprint density at radius 3 is 2.04 bits per heavy atom. The average molecular weight is 494 g/mol. The number of benzene rings is 2. The Hall–Kier alpha value is -2.09. The van der Waals surface area contributed by atoms with E-state index in [2.05, 4.69) is 41.6 Å². The van der Waals surface area contributed by atoms with Crippen LogP contribution >= 0.6 is 24.0 Å². The van der Waals surface area contributed by atoms with Crippen molar-refractivity contribution < 1.29 is 4.79 Å². The maximum atomic E-state index is 11.7. The summed E-state index contributed by atoms with van der Waals surface area (Å²) in [5.74, 6) is 0.898. The fourth-order valence-corrected chi connectivity index (χ4v) is 2.47. The average Bonchev–Trinajstić information content (AvgIpc) is 2.67. The van der Waals surface area contributed by atoms with Crippen LogP contribution < -0.4 is 16.4 Å². The lowest BCUT2D eigenvalue weighted by Gasteiger charge is -2.11. The van der Waals surface area contributed by atoms with Crippen molar-refractivity contribution >= 4 is 47.2 Å². The summed E-state index contributed by atoms with van der Waals surface area (Å²) < 4.78 is 0. The zero-order chi connectivity index (χ0) is 19.8. The van der Waals surface area contributed by atoms with Crippen LogP contribution in [0.25, 0.3) is 0 Å². The first kappa shape index (κ1) is 23.9. The van der Waals surface area contributed by atoms with Gasteiger partial charge in [0.25, 0.3) is 0 Å². The Balaban J connectivity index is 0.00000392. The summed E-state index contributed by atoms with van der Waals surface area (Å²) in [4.78, 5) is 16.1. The van der Waals surface area contributed by atoms with E-state index in [1.807, 2.05) is 50.2 Å². The van der Waals surface area contributed by atoms with Crippen molar-refractivity contribution in [3.05, 3.63) is 59.7 Å². The fraction of sp³-hybridized carbons (Fsp3) is 0.364. The molecule has 1 unspecified atom stereocenters. The van der Waals surface area contributed by atoms with E-state index in [1.165, 1.54) is 5.56 Å². The number of carbonyl (C=O) groups excluding carboxylic acids is 1. The number of nitrogens with two attached hydrogens (primary N) is 1. The van der Waals surface area contributed by atoms with Crippen LogP contribution in [0.3, 0.4) is 0 Å². The van der Waals surface area contributed by atoms with Crippen LogP contribution in [0, 0.1) is 5.92 Å². The minimum atomic E-state index is -0.0422. The van der Waals surface area contributed by atoms with E-state index in [-0.39, 0.29) is 35.8 Å². The molecule has 1 amide bonds. The van der Waals surface area contributed by atoms with Gasteiger partial charge in [-0.2, -0.15) is 0 Å². The zero-order valence-electron chi connectivity index (χ0n) is 17.0. The molecular formula is C22H31IN4O. The third kappa shape index (κ3) is 7.50. The van der Waals surface area contributed by atoms with Gasteiger partial charge in [0, 0.05) is 17.3 Å². The lowest BCUT2D eigenvalue weighted by atomic mass is 9.99.